The van der Waals surface area contributed by atoms with Crippen molar-refractivity contribution in [1.29, 1.82) is 0 Å². The molecule has 0 saturated carbocycles. The van der Waals surface area contributed by atoms with Gasteiger partial charge in [0.2, 0.25) is 5.88 Å². The lowest BCUT2D eigenvalue weighted by Gasteiger charge is -2.22. The Morgan fingerprint density at radius 1 is 1.42 bits per heavy atom. The maximum absolute atomic E-state index is 5.30. The Labute approximate surface area is 116 Å². The van der Waals surface area contributed by atoms with E-state index in [1.54, 1.807) is 7.11 Å². The summed E-state index contributed by atoms with van der Waals surface area (Å²) in [6, 6.07) is 1.96. The van der Waals surface area contributed by atoms with E-state index < -0.39 is 0 Å². The first-order valence-corrected chi connectivity index (χ1v) is 7.29. The molecule has 1 aromatic heterocycles. The van der Waals surface area contributed by atoms with Crippen LogP contribution in [0.25, 0.3) is 0 Å². The molecule has 2 rings (SSSR count). The number of nitrogens with zero attached hydrogens (tertiary/aromatic N) is 2. The SMILES string of the molecule is COc1cc(CC(C)C)nc(CC2CCCNC2)n1. The molecule has 106 valence electrons. The third-order valence-corrected chi connectivity index (χ3v) is 3.50. The monoisotopic (exact) mass is 263 g/mol. The molecule has 0 radical (unpaired) electrons. The quantitative estimate of drug-likeness (QED) is 0.885. The molecule has 1 fully saturated rings. The van der Waals surface area contributed by atoms with Crippen LogP contribution in [0.4, 0.5) is 0 Å². The Bertz CT molecular complexity index is 400. The van der Waals surface area contributed by atoms with E-state index in [4.69, 9.17) is 9.72 Å². The van der Waals surface area contributed by atoms with Gasteiger partial charge in [0.1, 0.15) is 5.82 Å². The van der Waals surface area contributed by atoms with E-state index in [1.807, 2.05) is 6.07 Å². The van der Waals surface area contributed by atoms with Gasteiger partial charge in [-0.15, -0.1) is 0 Å². The van der Waals surface area contributed by atoms with Crippen LogP contribution in [0.15, 0.2) is 6.07 Å². The van der Waals surface area contributed by atoms with Crippen LogP contribution in [0.5, 0.6) is 5.88 Å². The topological polar surface area (TPSA) is 47.0 Å². The molecule has 1 aliphatic heterocycles. The highest BCUT2D eigenvalue weighted by Crippen LogP contribution is 2.18. The number of ether oxygens (including phenoxy) is 1. The second-order valence-corrected chi connectivity index (χ2v) is 5.83. The largest absolute Gasteiger partial charge is 0.481 e. The molecule has 0 aliphatic carbocycles. The predicted octanol–water partition coefficient (Wildman–Crippen LogP) is 2.23. The average Bonchev–Trinajstić information content (AvgIpc) is 2.38. The van der Waals surface area contributed by atoms with Crippen molar-refractivity contribution in [2.45, 2.75) is 39.5 Å². The minimum atomic E-state index is 0.601. The van der Waals surface area contributed by atoms with E-state index in [1.165, 1.54) is 12.8 Å². The molecule has 4 heteroatoms. The molecule has 1 aromatic rings. The van der Waals surface area contributed by atoms with Gasteiger partial charge in [-0.2, -0.15) is 4.98 Å². The van der Waals surface area contributed by atoms with Gasteiger partial charge in [0.05, 0.1) is 7.11 Å². The van der Waals surface area contributed by atoms with E-state index in [0.717, 1.165) is 37.4 Å². The molecule has 1 atom stereocenters. The summed E-state index contributed by atoms with van der Waals surface area (Å²) in [5.74, 6) is 2.89. The molecule has 1 aliphatic rings. The van der Waals surface area contributed by atoms with Gasteiger partial charge in [-0.05, 0) is 44.2 Å². The van der Waals surface area contributed by atoms with E-state index in [-0.39, 0.29) is 0 Å². The first-order chi connectivity index (χ1) is 9.17. The summed E-state index contributed by atoms with van der Waals surface area (Å²) in [5.41, 5.74) is 1.10. The zero-order valence-electron chi connectivity index (χ0n) is 12.3. The Hall–Kier alpha value is -1.16. The number of piperidine rings is 1. The van der Waals surface area contributed by atoms with Gasteiger partial charge in [0.25, 0.3) is 0 Å². The van der Waals surface area contributed by atoms with Crippen LogP contribution in [0.1, 0.15) is 38.2 Å². The summed E-state index contributed by atoms with van der Waals surface area (Å²) in [5, 5.41) is 3.44. The van der Waals surface area contributed by atoms with Crippen LogP contribution < -0.4 is 10.1 Å². The summed E-state index contributed by atoms with van der Waals surface area (Å²) in [6.45, 7) is 6.65. The zero-order chi connectivity index (χ0) is 13.7. The highest BCUT2D eigenvalue weighted by Gasteiger charge is 2.16. The fourth-order valence-electron chi connectivity index (χ4n) is 2.60. The highest BCUT2D eigenvalue weighted by molar-refractivity contribution is 5.17. The van der Waals surface area contributed by atoms with Gasteiger partial charge in [-0.1, -0.05) is 13.8 Å². The van der Waals surface area contributed by atoms with Gasteiger partial charge in [-0.3, -0.25) is 0 Å². The van der Waals surface area contributed by atoms with Crippen molar-refractivity contribution >= 4 is 0 Å². The van der Waals surface area contributed by atoms with Gasteiger partial charge in [0.15, 0.2) is 0 Å². The molecule has 0 spiro atoms. The minimum absolute atomic E-state index is 0.601. The van der Waals surface area contributed by atoms with Crippen LogP contribution in [0.2, 0.25) is 0 Å². The Morgan fingerprint density at radius 3 is 2.89 bits per heavy atom. The maximum Gasteiger partial charge on any atom is 0.216 e. The average molecular weight is 263 g/mol. The molecule has 0 aromatic carbocycles. The summed E-state index contributed by atoms with van der Waals surface area (Å²) in [4.78, 5) is 9.19. The van der Waals surface area contributed by atoms with Gasteiger partial charge < -0.3 is 10.1 Å². The molecular formula is C15H25N3O. The van der Waals surface area contributed by atoms with Gasteiger partial charge >= 0.3 is 0 Å². The van der Waals surface area contributed by atoms with Crippen molar-refractivity contribution in [2.75, 3.05) is 20.2 Å². The molecule has 2 heterocycles. The van der Waals surface area contributed by atoms with Crippen LogP contribution >= 0.6 is 0 Å². The van der Waals surface area contributed by atoms with Crippen LogP contribution in [0.3, 0.4) is 0 Å². The summed E-state index contributed by atoms with van der Waals surface area (Å²) in [7, 11) is 1.67. The molecule has 0 amide bonds. The highest BCUT2D eigenvalue weighted by atomic mass is 16.5. The number of methoxy groups -OCH3 is 1. The van der Waals surface area contributed by atoms with E-state index in [0.29, 0.717) is 17.7 Å². The number of nitrogens with one attached hydrogen (secondary N) is 1. The number of aromatic nitrogens is 2. The third kappa shape index (κ3) is 4.46. The molecular weight excluding hydrogens is 238 g/mol. The predicted molar refractivity (Wildman–Crippen MR) is 76.4 cm³/mol. The first-order valence-electron chi connectivity index (χ1n) is 7.29. The molecule has 19 heavy (non-hydrogen) atoms. The Kier molecular flexibility index (Phi) is 5.14. The normalized spacial score (nSPS) is 19.7. The lowest BCUT2D eigenvalue weighted by atomic mass is 9.96. The Morgan fingerprint density at radius 2 is 2.26 bits per heavy atom. The van der Waals surface area contributed by atoms with Crippen LogP contribution in [0, 0.1) is 11.8 Å². The second-order valence-electron chi connectivity index (χ2n) is 5.83. The fraction of sp³-hybridized carbons (Fsp3) is 0.733. The minimum Gasteiger partial charge on any atom is -0.481 e. The number of hydrogen-bond acceptors (Lipinski definition) is 4. The molecule has 1 N–H and O–H groups in total. The lowest BCUT2D eigenvalue weighted by molar-refractivity contribution is 0.362. The van der Waals surface area contributed by atoms with E-state index in [2.05, 4.69) is 24.1 Å². The maximum atomic E-state index is 5.30. The second kappa shape index (κ2) is 6.85. The van der Waals surface area contributed by atoms with Crippen molar-refractivity contribution in [2.24, 2.45) is 11.8 Å². The lowest BCUT2D eigenvalue weighted by Crippen LogP contribution is -2.31. The summed E-state index contributed by atoms with van der Waals surface area (Å²) >= 11 is 0. The van der Waals surface area contributed by atoms with Crippen molar-refractivity contribution in [3.8, 4) is 5.88 Å². The van der Waals surface area contributed by atoms with Crippen LogP contribution in [-0.2, 0) is 12.8 Å². The number of rotatable bonds is 5. The molecule has 4 nitrogen and oxygen atoms in total. The van der Waals surface area contributed by atoms with Gasteiger partial charge in [0, 0.05) is 18.2 Å². The van der Waals surface area contributed by atoms with Crippen LogP contribution in [-0.4, -0.2) is 30.2 Å². The smallest absolute Gasteiger partial charge is 0.216 e. The first kappa shape index (κ1) is 14.3. The zero-order valence-corrected chi connectivity index (χ0v) is 12.3. The van der Waals surface area contributed by atoms with E-state index >= 15 is 0 Å². The molecule has 1 saturated heterocycles. The summed E-state index contributed by atoms with van der Waals surface area (Å²) < 4.78 is 5.30. The van der Waals surface area contributed by atoms with Crippen molar-refractivity contribution in [3.05, 3.63) is 17.6 Å². The van der Waals surface area contributed by atoms with Crippen molar-refractivity contribution < 1.29 is 4.74 Å². The third-order valence-electron chi connectivity index (χ3n) is 3.50. The van der Waals surface area contributed by atoms with Gasteiger partial charge in [-0.25, -0.2) is 4.98 Å². The van der Waals surface area contributed by atoms with Crippen molar-refractivity contribution in [3.63, 3.8) is 0 Å². The molecule has 0 bridgehead atoms. The number of hydrogen-bond donors (Lipinski definition) is 1. The van der Waals surface area contributed by atoms with E-state index in [9.17, 15) is 0 Å². The standard InChI is InChI=1S/C15H25N3O/c1-11(2)7-13-9-15(19-3)18-14(17-13)8-12-5-4-6-16-10-12/h9,11-12,16H,4-8,10H2,1-3H3. The molecule has 1 unspecified atom stereocenters. The fourth-order valence-corrected chi connectivity index (χ4v) is 2.60. The van der Waals surface area contributed by atoms with Crippen molar-refractivity contribution in [1.82, 2.24) is 15.3 Å². The summed E-state index contributed by atoms with van der Waals surface area (Å²) in [6.07, 6.45) is 4.46. The Balaban J connectivity index is 2.09.